The number of aromatic amines is 1. The Labute approximate surface area is 151 Å². The topological polar surface area (TPSA) is 65.3 Å². The summed E-state index contributed by atoms with van der Waals surface area (Å²) in [6.07, 6.45) is 4.16. The number of nitrogens with one attached hydrogen (secondary N) is 1. The molecule has 1 saturated heterocycles. The molecule has 1 aromatic rings. The van der Waals surface area contributed by atoms with Gasteiger partial charge in [-0.25, -0.2) is 0 Å². The van der Waals surface area contributed by atoms with Gasteiger partial charge in [0.15, 0.2) is 0 Å². The Bertz CT molecular complexity index is 1090. The molecular formula is C19H25N7. The third kappa shape index (κ3) is 2.34. The zero-order chi connectivity index (χ0) is 17.8. The molecule has 1 aliphatic carbocycles. The highest BCUT2D eigenvalue weighted by atomic mass is 15.5. The molecule has 0 bridgehead atoms. The Morgan fingerprint density at radius 3 is 2.77 bits per heavy atom. The Morgan fingerprint density at radius 1 is 1.19 bits per heavy atom. The van der Waals surface area contributed by atoms with Crippen molar-refractivity contribution >= 4 is 11.0 Å². The molecule has 1 aromatic heterocycles. The van der Waals surface area contributed by atoms with Crippen LogP contribution in [0.5, 0.6) is 0 Å². The van der Waals surface area contributed by atoms with Crippen molar-refractivity contribution in [1.29, 1.82) is 0 Å². The van der Waals surface area contributed by atoms with Crippen molar-refractivity contribution in [2.24, 2.45) is 12.1 Å². The van der Waals surface area contributed by atoms with Crippen LogP contribution in [0.15, 0.2) is 23.4 Å². The quantitative estimate of drug-likeness (QED) is 0.760. The van der Waals surface area contributed by atoms with Crippen LogP contribution in [0.1, 0.15) is 32.3 Å². The molecule has 1 N–H and O–H groups in total. The molecule has 4 aliphatic rings. The number of H-pyrrole nitrogens is 1. The summed E-state index contributed by atoms with van der Waals surface area (Å²) in [6.45, 7) is 7.75. The number of hydrogen-bond donors (Lipinski definition) is 1. The molecule has 5 rings (SSSR count). The van der Waals surface area contributed by atoms with Crippen molar-refractivity contribution in [3.63, 3.8) is 0 Å². The summed E-state index contributed by atoms with van der Waals surface area (Å²) in [5.41, 5.74) is 3.37. The maximum Gasteiger partial charge on any atom is 0.115 e. The van der Waals surface area contributed by atoms with E-state index in [0.29, 0.717) is 12.1 Å². The van der Waals surface area contributed by atoms with E-state index in [1.165, 1.54) is 23.9 Å². The average molecular weight is 351 g/mol. The predicted molar refractivity (Wildman–Crippen MR) is 99.0 cm³/mol. The largest absolute Gasteiger partial charge is 0.301 e. The number of fused-ring (bicyclic) bond motifs is 2. The summed E-state index contributed by atoms with van der Waals surface area (Å²) in [7, 11) is 2.01. The van der Waals surface area contributed by atoms with Crippen molar-refractivity contribution in [2.75, 3.05) is 13.1 Å². The van der Waals surface area contributed by atoms with Crippen molar-refractivity contribution in [3.05, 3.63) is 39.8 Å². The monoisotopic (exact) mass is 351 g/mol. The first-order chi connectivity index (χ1) is 12.6. The van der Waals surface area contributed by atoms with Gasteiger partial charge in [-0.05, 0) is 38.8 Å². The van der Waals surface area contributed by atoms with Crippen LogP contribution in [-0.4, -0.2) is 55.1 Å². The Kier molecular flexibility index (Phi) is 3.53. The van der Waals surface area contributed by atoms with Crippen LogP contribution in [0.25, 0.3) is 11.0 Å². The van der Waals surface area contributed by atoms with Crippen molar-refractivity contribution in [2.45, 2.75) is 45.3 Å². The van der Waals surface area contributed by atoms with E-state index in [9.17, 15) is 0 Å². The van der Waals surface area contributed by atoms with Gasteiger partial charge >= 0.3 is 0 Å². The fraction of sp³-hybridized carbons (Fsp3) is 0.526. The first-order valence-corrected chi connectivity index (χ1v) is 9.49. The molecule has 26 heavy (non-hydrogen) atoms. The van der Waals surface area contributed by atoms with Crippen LogP contribution in [0.3, 0.4) is 0 Å². The highest BCUT2D eigenvalue weighted by Crippen LogP contribution is 2.24. The van der Waals surface area contributed by atoms with Crippen LogP contribution in [0, 0.1) is 10.6 Å². The standard InChI is InChI=1S/C19H25N7/c1-12(2)25-8-6-13(7-9-25)26-11-14-15(23-26)4-5-16-18-17(10-20-21-16)22-24(3)19(14)18/h4-5,10,12-13,21H,6-9,11H2,1-3H3. The zero-order valence-corrected chi connectivity index (χ0v) is 15.6. The Hall–Kier alpha value is -2.41. The highest BCUT2D eigenvalue weighted by molar-refractivity contribution is 5.66. The minimum atomic E-state index is 0.525. The molecule has 0 atom stereocenters. The van der Waals surface area contributed by atoms with E-state index in [1.807, 2.05) is 11.7 Å². The van der Waals surface area contributed by atoms with E-state index in [4.69, 9.17) is 5.10 Å². The van der Waals surface area contributed by atoms with E-state index in [1.54, 1.807) is 6.20 Å². The van der Waals surface area contributed by atoms with Gasteiger partial charge < -0.3 is 4.90 Å². The van der Waals surface area contributed by atoms with Crippen LogP contribution < -0.4 is 5.36 Å². The van der Waals surface area contributed by atoms with Crippen LogP contribution in [0.4, 0.5) is 0 Å². The molecule has 0 spiro atoms. The van der Waals surface area contributed by atoms with Gasteiger partial charge in [-0.1, -0.05) is 0 Å². The predicted octanol–water partition coefficient (Wildman–Crippen LogP) is 1.53. The summed E-state index contributed by atoms with van der Waals surface area (Å²) in [5, 5.41) is 22.5. The lowest BCUT2D eigenvalue weighted by Gasteiger charge is -2.37. The van der Waals surface area contributed by atoms with E-state index in [0.717, 1.165) is 41.1 Å². The first kappa shape index (κ1) is 15.8. The van der Waals surface area contributed by atoms with Gasteiger partial charge in [-0.15, -0.1) is 0 Å². The molecule has 4 heterocycles. The zero-order valence-electron chi connectivity index (χ0n) is 15.6. The molecule has 136 valence electrons. The lowest BCUT2D eigenvalue weighted by atomic mass is 10.0. The fourth-order valence-electron chi connectivity index (χ4n) is 4.47. The number of aromatic nitrogens is 4. The summed E-state index contributed by atoms with van der Waals surface area (Å²) in [5.74, 6) is 0. The number of piperidine rings is 1. The number of nitrogens with zero attached hydrogens (tertiary/aromatic N) is 6. The lowest BCUT2D eigenvalue weighted by Crippen LogP contribution is -2.44. The van der Waals surface area contributed by atoms with E-state index in [-0.39, 0.29) is 0 Å². The molecule has 0 radical (unpaired) electrons. The van der Waals surface area contributed by atoms with Gasteiger partial charge in [-0.2, -0.15) is 15.3 Å². The minimum absolute atomic E-state index is 0.525. The van der Waals surface area contributed by atoms with Crippen molar-refractivity contribution < 1.29 is 0 Å². The molecule has 0 unspecified atom stereocenters. The molecular weight excluding hydrogens is 326 g/mol. The Balaban J connectivity index is 1.55. The number of hydrogen-bond acceptors (Lipinski definition) is 5. The molecule has 0 amide bonds. The smallest absolute Gasteiger partial charge is 0.115 e. The molecule has 0 aromatic carbocycles. The van der Waals surface area contributed by atoms with Gasteiger partial charge in [0.05, 0.1) is 34.2 Å². The fourth-order valence-corrected chi connectivity index (χ4v) is 4.47. The second-order valence-electron chi connectivity index (χ2n) is 7.77. The molecule has 7 nitrogen and oxygen atoms in total. The van der Waals surface area contributed by atoms with Crippen molar-refractivity contribution in [3.8, 4) is 0 Å². The van der Waals surface area contributed by atoms with E-state index >= 15 is 0 Å². The van der Waals surface area contributed by atoms with Gasteiger partial charge in [0.25, 0.3) is 0 Å². The SMILES string of the molecule is CC(C)N1CCC(N2Cc3c(ccc4[nH]ncc5nn(C)c3c5=4)=N2)CC1. The summed E-state index contributed by atoms with van der Waals surface area (Å²) >= 11 is 0. The Morgan fingerprint density at radius 2 is 2.00 bits per heavy atom. The first-order valence-electron chi connectivity index (χ1n) is 9.49. The van der Waals surface area contributed by atoms with Crippen LogP contribution >= 0.6 is 0 Å². The van der Waals surface area contributed by atoms with Gasteiger partial charge in [0.2, 0.25) is 0 Å². The third-order valence-electron chi connectivity index (χ3n) is 5.93. The van der Waals surface area contributed by atoms with E-state index in [2.05, 4.69) is 51.2 Å². The molecule has 0 saturated carbocycles. The summed E-state index contributed by atoms with van der Waals surface area (Å²) in [4.78, 5) is 2.56. The lowest BCUT2D eigenvalue weighted by molar-refractivity contribution is 0.0928. The third-order valence-corrected chi connectivity index (χ3v) is 5.93. The summed E-state index contributed by atoms with van der Waals surface area (Å²) < 4.78 is 1.98. The average Bonchev–Trinajstić information content (AvgIpc) is 3.15. The van der Waals surface area contributed by atoms with Gasteiger partial charge in [0, 0.05) is 37.8 Å². The van der Waals surface area contributed by atoms with Crippen molar-refractivity contribution in [1.82, 2.24) is 29.9 Å². The maximum atomic E-state index is 4.99. The number of likely N-dealkylation sites (tertiary alicyclic amines) is 1. The second-order valence-corrected chi connectivity index (χ2v) is 7.77. The number of aryl methyl sites for hydroxylation is 1. The molecule has 1 fully saturated rings. The maximum absolute atomic E-state index is 4.99. The highest BCUT2D eigenvalue weighted by Gasteiger charge is 2.28. The molecule has 7 heteroatoms. The second kappa shape index (κ2) is 5.81. The summed E-state index contributed by atoms with van der Waals surface area (Å²) in [6, 6.07) is 5.36. The van der Waals surface area contributed by atoms with Gasteiger partial charge in [0.1, 0.15) is 5.52 Å². The van der Waals surface area contributed by atoms with Crippen LogP contribution in [0.2, 0.25) is 0 Å². The number of rotatable bonds is 2. The molecule has 3 aliphatic heterocycles. The minimum Gasteiger partial charge on any atom is -0.301 e. The van der Waals surface area contributed by atoms with Gasteiger partial charge in [-0.3, -0.25) is 14.8 Å². The van der Waals surface area contributed by atoms with Crippen LogP contribution in [-0.2, 0) is 13.6 Å². The van der Waals surface area contributed by atoms with E-state index < -0.39 is 0 Å². The normalized spacial score (nSPS) is 18.8.